The van der Waals surface area contributed by atoms with Gasteiger partial charge in [-0.15, -0.1) is 0 Å². The number of fused-ring (bicyclic) bond motifs is 5. The van der Waals surface area contributed by atoms with Crippen LogP contribution >= 0.6 is 0 Å². The summed E-state index contributed by atoms with van der Waals surface area (Å²) in [5.41, 5.74) is -0.405. The average Bonchev–Trinajstić information content (AvgIpc) is 3.07. The molecule has 3 aliphatic heterocycles. The fourth-order valence-corrected chi connectivity index (χ4v) is 4.09. The summed E-state index contributed by atoms with van der Waals surface area (Å²) in [4.78, 5) is 27.1. The van der Waals surface area contributed by atoms with Crippen molar-refractivity contribution in [1.82, 2.24) is 0 Å². The summed E-state index contributed by atoms with van der Waals surface area (Å²) in [6.45, 7) is 3.37. The number of hydrogen-bond donors (Lipinski definition) is 1. The zero-order valence-electron chi connectivity index (χ0n) is 12.4. The van der Waals surface area contributed by atoms with Crippen LogP contribution in [0.1, 0.15) is 12.5 Å². The van der Waals surface area contributed by atoms with Crippen LogP contribution in [0, 0.1) is 18.8 Å². The van der Waals surface area contributed by atoms with Crippen molar-refractivity contribution in [2.45, 2.75) is 25.0 Å². The summed E-state index contributed by atoms with van der Waals surface area (Å²) >= 11 is 0. The molecular formula is C17H17NO4. The number of rotatable bonds is 2. The number of carbonyl (C=O) groups excluding carboxylic acids is 2. The smallest absolute Gasteiger partial charge is 0.241 e. The molecule has 4 unspecified atom stereocenters. The lowest BCUT2D eigenvalue weighted by molar-refractivity contribution is -0.131. The number of imide groups is 1. The van der Waals surface area contributed by atoms with E-state index in [4.69, 9.17) is 4.74 Å². The number of aliphatic hydroxyl groups excluding tert-OH is 1. The Kier molecular flexibility index (Phi) is 2.52. The lowest BCUT2D eigenvalue weighted by Gasteiger charge is -2.27. The first-order valence-electron chi connectivity index (χ1n) is 7.38. The quantitative estimate of drug-likeness (QED) is 0.658. The molecule has 0 radical (unpaired) electrons. The van der Waals surface area contributed by atoms with Gasteiger partial charge in [-0.3, -0.25) is 9.59 Å². The highest BCUT2D eigenvalue weighted by molar-refractivity contribution is 6.23. The number of hydrogen-bond acceptors (Lipinski definition) is 4. The first kappa shape index (κ1) is 13.7. The maximum Gasteiger partial charge on any atom is 0.241 e. The molecule has 0 aromatic heterocycles. The monoisotopic (exact) mass is 299 g/mol. The van der Waals surface area contributed by atoms with Gasteiger partial charge in [-0.2, -0.15) is 0 Å². The molecular weight excluding hydrogens is 282 g/mol. The minimum Gasteiger partial charge on any atom is -0.393 e. The van der Waals surface area contributed by atoms with Crippen molar-refractivity contribution in [3.63, 3.8) is 0 Å². The Balaban J connectivity index is 1.84. The predicted molar refractivity (Wildman–Crippen MR) is 79.1 cm³/mol. The number of benzene rings is 1. The van der Waals surface area contributed by atoms with Gasteiger partial charge in [-0.25, -0.2) is 4.90 Å². The fourth-order valence-electron chi connectivity index (χ4n) is 4.09. The predicted octanol–water partition coefficient (Wildman–Crippen LogP) is 1.19. The van der Waals surface area contributed by atoms with E-state index in [1.54, 1.807) is 25.1 Å². The zero-order valence-corrected chi connectivity index (χ0v) is 12.4. The van der Waals surface area contributed by atoms with Crippen LogP contribution < -0.4 is 4.90 Å². The number of nitrogens with zero attached hydrogens (tertiary/aromatic N) is 1. The Bertz CT molecular complexity index is 727. The van der Waals surface area contributed by atoms with Crippen LogP contribution in [0.4, 0.5) is 5.69 Å². The molecule has 2 saturated heterocycles. The number of aliphatic hydroxyl groups is 1. The van der Waals surface area contributed by atoms with E-state index >= 15 is 0 Å². The van der Waals surface area contributed by atoms with E-state index in [-0.39, 0.29) is 18.4 Å². The van der Waals surface area contributed by atoms with Crippen molar-refractivity contribution >= 4 is 17.5 Å². The zero-order chi connectivity index (χ0) is 15.7. The van der Waals surface area contributed by atoms with Crippen molar-refractivity contribution in [3.05, 3.63) is 42.0 Å². The molecule has 0 saturated carbocycles. The van der Waals surface area contributed by atoms with Crippen molar-refractivity contribution in [3.8, 4) is 0 Å². The third-order valence-corrected chi connectivity index (χ3v) is 5.16. The number of carbonyl (C=O) groups is 2. The van der Waals surface area contributed by atoms with Gasteiger partial charge in [0.15, 0.2) is 0 Å². The van der Waals surface area contributed by atoms with Crippen molar-refractivity contribution in [1.29, 1.82) is 0 Å². The van der Waals surface area contributed by atoms with Gasteiger partial charge in [-0.1, -0.05) is 30.4 Å². The van der Waals surface area contributed by atoms with Crippen molar-refractivity contribution in [2.75, 3.05) is 11.5 Å². The minimum atomic E-state index is -1.07. The third-order valence-electron chi connectivity index (χ3n) is 5.16. The minimum absolute atomic E-state index is 0.244. The molecule has 0 aliphatic carbocycles. The van der Waals surface area contributed by atoms with Crippen molar-refractivity contribution in [2.24, 2.45) is 11.8 Å². The molecule has 3 aliphatic rings. The number of amides is 2. The Hall–Kier alpha value is -1.98. The Labute approximate surface area is 128 Å². The number of para-hydroxylation sites is 1. The second-order valence-electron chi connectivity index (χ2n) is 6.49. The maximum absolute atomic E-state index is 12.9. The van der Waals surface area contributed by atoms with Crippen LogP contribution in [0.2, 0.25) is 0 Å². The second-order valence-corrected chi connectivity index (χ2v) is 6.49. The van der Waals surface area contributed by atoms with E-state index in [1.165, 1.54) is 4.90 Å². The molecule has 114 valence electrons. The topological polar surface area (TPSA) is 66.8 Å². The highest BCUT2D eigenvalue weighted by Gasteiger charge is 2.72. The molecule has 5 nitrogen and oxygen atoms in total. The van der Waals surface area contributed by atoms with Gasteiger partial charge in [0.25, 0.3) is 0 Å². The average molecular weight is 299 g/mol. The van der Waals surface area contributed by atoms with Gasteiger partial charge < -0.3 is 9.84 Å². The summed E-state index contributed by atoms with van der Waals surface area (Å²) in [5, 5.41) is 9.76. The molecule has 4 rings (SSSR count). The molecule has 1 aromatic rings. The van der Waals surface area contributed by atoms with Gasteiger partial charge in [0, 0.05) is 0 Å². The molecule has 1 N–H and O–H groups in total. The summed E-state index contributed by atoms with van der Waals surface area (Å²) in [5.74, 6) is -1.76. The molecule has 0 spiro atoms. The molecule has 3 heterocycles. The Morgan fingerprint density at radius 2 is 1.86 bits per heavy atom. The van der Waals surface area contributed by atoms with Gasteiger partial charge in [0.2, 0.25) is 11.8 Å². The molecule has 22 heavy (non-hydrogen) atoms. The first-order valence-corrected chi connectivity index (χ1v) is 7.38. The van der Waals surface area contributed by atoms with Gasteiger partial charge in [0.05, 0.1) is 29.7 Å². The van der Waals surface area contributed by atoms with Gasteiger partial charge in [-0.05, 0) is 25.5 Å². The van der Waals surface area contributed by atoms with E-state index in [2.05, 4.69) is 0 Å². The molecule has 2 bridgehead atoms. The molecule has 2 fully saturated rings. The summed E-state index contributed by atoms with van der Waals surface area (Å²) in [6, 6.07) is 7.33. The van der Waals surface area contributed by atoms with Crippen LogP contribution in [-0.2, 0) is 14.3 Å². The van der Waals surface area contributed by atoms with Crippen LogP contribution in [0.5, 0.6) is 0 Å². The van der Waals surface area contributed by atoms with E-state index in [1.807, 2.05) is 25.1 Å². The van der Waals surface area contributed by atoms with Crippen molar-refractivity contribution < 1.29 is 19.4 Å². The largest absolute Gasteiger partial charge is 0.393 e. The Morgan fingerprint density at radius 3 is 2.55 bits per heavy atom. The molecule has 2 amide bonds. The normalized spacial score (nSPS) is 39.0. The standard InChI is InChI=1S/C17H17NO4/c1-10-5-3-4-6-11(10)18-14(20)12-13(15(18)21)17(9-19)8-7-16(12,2)22-17/h3-8,12-13,19H,9H2,1-2H3. The summed E-state index contributed by atoms with van der Waals surface area (Å²) in [7, 11) is 0. The Morgan fingerprint density at radius 1 is 1.18 bits per heavy atom. The lowest BCUT2D eigenvalue weighted by atomic mass is 9.73. The lowest BCUT2D eigenvalue weighted by Crippen LogP contribution is -2.43. The number of ether oxygens (including phenoxy) is 1. The van der Waals surface area contributed by atoms with Crippen LogP contribution in [0.25, 0.3) is 0 Å². The van der Waals surface area contributed by atoms with E-state index in [0.29, 0.717) is 5.69 Å². The SMILES string of the molecule is Cc1ccccc1N1C(=O)C2C(C1=O)C1(CO)C=CC2(C)O1. The van der Waals surface area contributed by atoms with Gasteiger partial charge in [0.1, 0.15) is 5.60 Å². The molecule has 1 aromatic carbocycles. The summed E-state index contributed by atoms with van der Waals surface area (Å²) in [6.07, 6.45) is 3.54. The van der Waals surface area contributed by atoms with Crippen LogP contribution in [-0.4, -0.2) is 34.7 Å². The highest BCUT2D eigenvalue weighted by Crippen LogP contribution is 2.57. The van der Waals surface area contributed by atoms with E-state index in [9.17, 15) is 14.7 Å². The fraction of sp³-hybridized carbons (Fsp3) is 0.412. The summed E-state index contributed by atoms with van der Waals surface area (Å²) < 4.78 is 5.89. The molecule has 4 atom stereocenters. The number of aryl methyl sites for hydroxylation is 1. The molecule has 5 heteroatoms. The first-order chi connectivity index (χ1) is 10.4. The maximum atomic E-state index is 12.9. The van der Waals surface area contributed by atoms with Crippen LogP contribution in [0.15, 0.2) is 36.4 Å². The van der Waals surface area contributed by atoms with Crippen LogP contribution in [0.3, 0.4) is 0 Å². The highest BCUT2D eigenvalue weighted by atomic mass is 16.5. The third kappa shape index (κ3) is 1.40. The van der Waals surface area contributed by atoms with Gasteiger partial charge >= 0.3 is 0 Å². The van der Waals surface area contributed by atoms with E-state index < -0.39 is 23.0 Å². The van der Waals surface area contributed by atoms with E-state index in [0.717, 1.165) is 5.56 Å². The number of anilines is 1. The second kappa shape index (κ2) is 4.06.